The minimum absolute atomic E-state index is 0.370. The van der Waals surface area contributed by atoms with Crippen LogP contribution in [0, 0.1) is 0 Å². The molecule has 0 saturated carbocycles. The Morgan fingerprint density at radius 3 is 2.82 bits per heavy atom. The fraction of sp³-hybridized carbons (Fsp3) is 0.636. The van der Waals surface area contributed by atoms with Crippen LogP contribution in [0.25, 0.3) is 0 Å². The lowest BCUT2D eigenvalue weighted by atomic mass is 10.3. The van der Waals surface area contributed by atoms with Gasteiger partial charge in [0.1, 0.15) is 6.33 Å². The molecule has 1 aromatic rings. The second-order valence-corrected chi connectivity index (χ2v) is 4.52. The Hall–Kier alpha value is -1.07. The third kappa shape index (κ3) is 2.79. The highest BCUT2D eigenvalue weighted by molar-refractivity contribution is 6.31. The fourth-order valence-corrected chi connectivity index (χ4v) is 2.21. The lowest BCUT2D eigenvalue weighted by Gasteiger charge is -2.23. The van der Waals surface area contributed by atoms with E-state index in [0.717, 1.165) is 38.4 Å². The molecular weight excluding hydrogens is 240 g/mol. The van der Waals surface area contributed by atoms with Crippen molar-refractivity contribution in [1.29, 1.82) is 0 Å². The van der Waals surface area contributed by atoms with Crippen molar-refractivity contribution < 1.29 is 4.74 Å². The maximum absolute atomic E-state index is 6.01. The van der Waals surface area contributed by atoms with Crippen LogP contribution in [0.2, 0.25) is 5.15 Å². The van der Waals surface area contributed by atoms with E-state index >= 15 is 0 Å². The van der Waals surface area contributed by atoms with E-state index in [0.29, 0.717) is 10.9 Å². The van der Waals surface area contributed by atoms with E-state index in [2.05, 4.69) is 26.8 Å². The molecule has 1 aromatic heterocycles. The molecule has 1 saturated heterocycles. The summed E-state index contributed by atoms with van der Waals surface area (Å²) in [5, 5.41) is 0.370. The summed E-state index contributed by atoms with van der Waals surface area (Å²) in [6.45, 7) is 4.02. The molecule has 2 heterocycles. The van der Waals surface area contributed by atoms with Crippen molar-refractivity contribution in [1.82, 2.24) is 14.9 Å². The molecule has 0 N–H and O–H groups in total. The van der Waals surface area contributed by atoms with E-state index in [-0.39, 0.29) is 0 Å². The molecule has 0 aliphatic carbocycles. The largest absolute Gasteiger partial charge is 0.490 e. The van der Waals surface area contributed by atoms with Gasteiger partial charge in [-0.3, -0.25) is 0 Å². The SMILES string of the molecule is COc1c(Cl)ncnc1N1CCCN(C)CC1. The van der Waals surface area contributed by atoms with Gasteiger partial charge in [-0.15, -0.1) is 0 Å². The van der Waals surface area contributed by atoms with Gasteiger partial charge < -0.3 is 14.5 Å². The number of rotatable bonds is 2. The maximum atomic E-state index is 6.01. The summed E-state index contributed by atoms with van der Waals surface area (Å²) in [5.74, 6) is 1.36. The van der Waals surface area contributed by atoms with Crippen LogP contribution in [0.1, 0.15) is 6.42 Å². The number of aromatic nitrogens is 2. The van der Waals surface area contributed by atoms with Crippen molar-refractivity contribution >= 4 is 17.4 Å². The van der Waals surface area contributed by atoms with Gasteiger partial charge in [0.2, 0.25) is 0 Å². The highest BCUT2D eigenvalue weighted by Gasteiger charge is 2.19. The molecular formula is C11H17ClN4O. The summed E-state index contributed by atoms with van der Waals surface area (Å²) >= 11 is 6.01. The van der Waals surface area contributed by atoms with E-state index in [1.165, 1.54) is 6.33 Å². The molecule has 0 amide bonds. The summed E-state index contributed by atoms with van der Waals surface area (Å²) in [4.78, 5) is 12.7. The Bertz CT molecular complexity index is 388. The molecule has 0 atom stereocenters. The maximum Gasteiger partial charge on any atom is 0.199 e. The molecule has 1 fully saturated rings. The molecule has 1 aliphatic rings. The summed E-state index contributed by atoms with van der Waals surface area (Å²) in [6.07, 6.45) is 2.59. The van der Waals surface area contributed by atoms with E-state index in [1.54, 1.807) is 7.11 Å². The Labute approximate surface area is 106 Å². The molecule has 0 unspecified atom stereocenters. The van der Waals surface area contributed by atoms with Gasteiger partial charge in [0.25, 0.3) is 0 Å². The Morgan fingerprint density at radius 2 is 2.06 bits per heavy atom. The number of halogens is 1. The number of hydrogen-bond acceptors (Lipinski definition) is 5. The predicted molar refractivity (Wildman–Crippen MR) is 67.9 cm³/mol. The topological polar surface area (TPSA) is 41.5 Å². The molecule has 0 bridgehead atoms. The molecule has 0 spiro atoms. The van der Waals surface area contributed by atoms with Gasteiger partial charge in [-0.25, -0.2) is 9.97 Å². The van der Waals surface area contributed by atoms with Crippen LogP contribution < -0.4 is 9.64 Å². The fourth-order valence-electron chi connectivity index (χ4n) is 2.00. The van der Waals surface area contributed by atoms with Crippen LogP contribution in [-0.4, -0.2) is 55.2 Å². The van der Waals surface area contributed by atoms with E-state index < -0.39 is 0 Å². The summed E-state index contributed by atoms with van der Waals surface area (Å²) < 4.78 is 5.28. The number of methoxy groups -OCH3 is 1. The van der Waals surface area contributed by atoms with Gasteiger partial charge in [0, 0.05) is 19.6 Å². The zero-order valence-electron chi connectivity index (χ0n) is 10.2. The Morgan fingerprint density at radius 1 is 1.24 bits per heavy atom. The number of anilines is 1. The minimum Gasteiger partial charge on any atom is -0.490 e. The lowest BCUT2D eigenvalue weighted by molar-refractivity contribution is 0.359. The monoisotopic (exact) mass is 256 g/mol. The normalized spacial score (nSPS) is 17.9. The molecule has 0 radical (unpaired) electrons. The zero-order chi connectivity index (χ0) is 12.3. The zero-order valence-corrected chi connectivity index (χ0v) is 10.9. The number of ether oxygens (including phenoxy) is 1. The molecule has 94 valence electrons. The lowest BCUT2D eigenvalue weighted by Crippen LogP contribution is -2.29. The van der Waals surface area contributed by atoms with Crippen molar-refractivity contribution in [2.75, 3.05) is 45.2 Å². The minimum atomic E-state index is 0.370. The molecule has 0 aromatic carbocycles. The average Bonchev–Trinajstić information content (AvgIpc) is 2.54. The Kier molecular flexibility index (Phi) is 4.02. The molecule has 6 heteroatoms. The number of hydrogen-bond donors (Lipinski definition) is 0. The van der Waals surface area contributed by atoms with Gasteiger partial charge in [-0.1, -0.05) is 11.6 Å². The summed E-state index contributed by atoms with van der Waals surface area (Å²) in [7, 11) is 3.73. The number of nitrogens with zero attached hydrogens (tertiary/aromatic N) is 4. The second-order valence-electron chi connectivity index (χ2n) is 4.17. The first kappa shape index (κ1) is 12.4. The van der Waals surface area contributed by atoms with Gasteiger partial charge >= 0.3 is 0 Å². The van der Waals surface area contributed by atoms with Crippen molar-refractivity contribution in [3.8, 4) is 5.75 Å². The Balaban J connectivity index is 2.23. The third-order valence-corrected chi connectivity index (χ3v) is 3.23. The van der Waals surface area contributed by atoms with Crippen LogP contribution in [0.3, 0.4) is 0 Å². The van der Waals surface area contributed by atoms with Crippen molar-refractivity contribution in [3.63, 3.8) is 0 Å². The number of likely N-dealkylation sites (N-methyl/N-ethyl adjacent to an activating group) is 1. The van der Waals surface area contributed by atoms with Crippen LogP contribution in [0.5, 0.6) is 5.75 Å². The van der Waals surface area contributed by atoms with Gasteiger partial charge in [-0.2, -0.15) is 0 Å². The second kappa shape index (κ2) is 5.51. The van der Waals surface area contributed by atoms with Crippen LogP contribution in [0.4, 0.5) is 5.82 Å². The average molecular weight is 257 g/mol. The van der Waals surface area contributed by atoms with Crippen molar-refractivity contribution in [3.05, 3.63) is 11.5 Å². The predicted octanol–water partition coefficient (Wildman–Crippen LogP) is 1.28. The van der Waals surface area contributed by atoms with E-state index in [4.69, 9.17) is 16.3 Å². The van der Waals surface area contributed by atoms with Gasteiger partial charge in [0.15, 0.2) is 16.7 Å². The third-order valence-electron chi connectivity index (χ3n) is 2.96. The first-order valence-electron chi connectivity index (χ1n) is 5.70. The summed E-state index contributed by atoms with van der Waals surface area (Å²) in [6, 6.07) is 0. The van der Waals surface area contributed by atoms with Crippen LogP contribution in [-0.2, 0) is 0 Å². The van der Waals surface area contributed by atoms with E-state index in [9.17, 15) is 0 Å². The smallest absolute Gasteiger partial charge is 0.199 e. The highest BCUT2D eigenvalue weighted by atomic mass is 35.5. The first-order valence-corrected chi connectivity index (χ1v) is 6.08. The standard InChI is InChI=1S/C11H17ClN4O/c1-15-4-3-5-16(7-6-15)11-9(17-2)10(12)13-8-14-11/h8H,3-7H2,1-2H3. The first-order chi connectivity index (χ1) is 8.22. The van der Waals surface area contributed by atoms with Crippen LogP contribution >= 0.6 is 11.6 Å². The molecule has 1 aliphatic heterocycles. The molecule has 17 heavy (non-hydrogen) atoms. The van der Waals surface area contributed by atoms with E-state index in [1.807, 2.05) is 0 Å². The summed E-state index contributed by atoms with van der Waals surface area (Å²) in [5.41, 5.74) is 0. The highest BCUT2D eigenvalue weighted by Crippen LogP contribution is 2.31. The van der Waals surface area contributed by atoms with Crippen LogP contribution in [0.15, 0.2) is 6.33 Å². The molecule has 2 rings (SSSR count). The van der Waals surface area contributed by atoms with Gasteiger partial charge in [0.05, 0.1) is 7.11 Å². The molecule has 5 nitrogen and oxygen atoms in total. The van der Waals surface area contributed by atoms with Crippen molar-refractivity contribution in [2.24, 2.45) is 0 Å². The van der Waals surface area contributed by atoms with Gasteiger partial charge in [-0.05, 0) is 20.0 Å². The van der Waals surface area contributed by atoms with Crippen molar-refractivity contribution in [2.45, 2.75) is 6.42 Å². The quantitative estimate of drug-likeness (QED) is 0.746.